The zero-order chi connectivity index (χ0) is 14.8. The Balaban J connectivity index is 2.11. The number of hydrogen-bond acceptors (Lipinski definition) is 4. The zero-order valence-corrected chi connectivity index (χ0v) is 13.0. The van der Waals surface area contributed by atoms with E-state index in [-0.39, 0.29) is 6.04 Å². The van der Waals surface area contributed by atoms with Crippen molar-refractivity contribution < 1.29 is 8.42 Å². The van der Waals surface area contributed by atoms with Crippen molar-refractivity contribution in [3.05, 3.63) is 45.6 Å². The van der Waals surface area contributed by atoms with E-state index in [1.165, 1.54) is 11.3 Å². The van der Waals surface area contributed by atoms with Gasteiger partial charge >= 0.3 is 0 Å². The molecule has 0 saturated heterocycles. The molecule has 1 atom stereocenters. The Labute approximate surface area is 126 Å². The second-order valence-electron chi connectivity index (χ2n) is 4.24. The summed E-state index contributed by atoms with van der Waals surface area (Å²) in [6.45, 7) is 2.00. The molecule has 0 saturated carbocycles. The molecule has 0 bridgehead atoms. The Morgan fingerprint density at radius 2 is 1.95 bits per heavy atom. The molecule has 5 nitrogen and oxygen atoms in total. The molecule has 0 radical (unpaired) electrons. The first-order chi connectivity index (χ1) is 9.33. The third-order valence-electron chi connectivity index (χ3n) is 2.53. The van der Waals surface area contributed by atoms with Crippen molar-refractivity contribution in [2.75, 3.05) is 10.0 Å². The van der Waals surface area contributed by atoms with Gasteiger partial charge in [-0.15, -0.1) is 11.3 Å². The largest absolute Gasteiger partial charge is 0.378 e. The summed E-state index contributed by atoms with van der Waals surface area (Å²) in [5.74, 6) is 0. The number of nitrogens with two attached hydrogens (primary N) is 1. The summed E-state index contributed by atoms with van der Waals surface area (Å²) in [6, 6.07) is 10.8. The van der Waals surface area contributed by atoms with E-state index in [4.69, 9.17) is 16.7 Å². The van der Waals surface area contributed by atoms with Gasteiger partial charge in [-0.1, -0.05) is 17.7 Å². The van der Waals surface area contributed by atoms with Gasteiger partial charge in [-0.2, -0.15) is 8.42 Å². The van der Waals surface area contributed by atoms with E-state index < -0.39 is 10.2 Å². The van der Waals surface area contributed by atoms with Crippen molar-refractivity contribution in [2.24, 2.45) is 5.14 Å². The van der Waals surface area contributed by atoms with Crippen LogP contribution in [0.5, 0.6) is 0 Å². The first kappa shape index (κ1) is 15.1. The van der Waals surface area contributed by atoms with Gasteiger partial charge in [0.15, 0.2) is 0 Å². The van der Waals surface area contributed by atoms with Gasteiger partial charge in [-0.05, 0) is 37.3 Å². The van der Waals surface area contributed by atoms with E-state index in [0.29, 0.717) is 5.69 Å². The summed E-state index contributed by atoms with van der Waals surface area (Å²) in [7, 11) is -3.76. The fraction of sp³-hybridized carbons (Fsp3) is 0.167. The van der Waals surface area contributed by atoms with E-state index >= 15 is 0 Å². The molecule has 1 aromatic heterocycles. The van der Waals surface area contributed by atoms with Crippen LogP contribution in [0.1, 0.15) is 17.8 Å². The van der Waals surface area contributed by atoms with Crippen LogP contribution in [0.4, 0.5) is 11.4 Å². The fourth-order valence-electron chi connectivity index (χ4n) is 1.72. The van der Waals surface area contributed by atoms with Crippen molar-refractivity contribution in [3.63, 3.8) is 0 Å². The van der Waals surface area contributed by atoms with Crippen molar-refractivity contribution >= 4 is 44.5 Å². The predicted molar refractivity (Wildman–Crippen MR) is 84.5 cm³/mol. The molecule has 1 heterocycles. The highest BCUT2D eigenvalue weighted by atomic mass is 35.5. The lowest BCUT2D eigenvalue weighted by molar-refractivity contribution is 0.603. The van der Waals surface area contributed by atoms with Crippen LogP contribution in [0.2, 0.25) is 4.34 Å². The van der Waals surface area contributed by atoms with Crippen LogP contribution < -0.4 is 15.2 Å². The number of benzene rings is 1. The molecule has 0 aliphatic carbocycles. The smallest absolute Gasteiger partial charge is 0.296 e. The summed E-state index contributed by atoms with van der Waals surface area (Å²) in [6.07, 6.45) is 0. The molecule has 2 aromatic rings. The summed E-state index contributed by atoms with van der Waals surface area (Å²) in [5.41, 5.74) is 1.20. The van der Waals surface area contributed by atoms with Crippen LogP contribution in [0.15, 0.2) is 36.4 Å². The minimum Gasteiger partial charge on any atom is -0.378 e. The van der Waals surface area contributed by atoms with Gasteiger partial charge in [0.1, 0.15) is 0 Å². The second-order valence-corrected chi connectivity index (χ2v) is 7.28. The zero-order valence-electron chi connectivity index (χ0n) is 10.6. The number of hydrogen-bond donors (Lipinski definition) is 3. The fourth-order valence-corrected chi connectivity index (χ4v) is 3.24. The van der Waals surface area contributed by atoms with Gasteiger partial charge in [0, 0.05) is 10.6 Å². The lowest BCUT2D eigenvalue weighted by atomic mass is 10.2. The topological polar surface area (TPSA) is 84.2 Å². The molecule has 4 N–H and O–H groups in total. The van der Waals surface area contributed by atoms with E-state index in [1.807, 2.05) is 25.1 Å². The number of rotatable bonds is 5. The van der Waals surface area contributed by atoms with Gasteiger partial charge in [0.05, 0.1) is 16.1 Å². The van der Waals surface area contributed by atoms with E-state index in [9.17, 15) is 8.42 Å². The lowest BCUT2D eigenvalue weighted by Crippen LogP contribution is -2.21. The normalized spacial score (nSPS) is 12.9. The van der Waals surface area contributed by atoms with E-state index in [2.05, 4.69) is 10.0 Å². The van der Waals surface area contributed by atoms with Crippen LogP contribution in [0.25, 0.3) is 0 Å². The first-order valence-corrected chi connectivity index (χ1v) is 8.50. The lowest BCUT2D eigenvalue weighted by Gasteiger charge is -2.14. The molecule has 0 fully saturated rings. The average molecular weight is 332 g/mol. The van der Waals surface area contributed by atoms with Gasteiger partial charge in [0.2, 0.25) is 0 Å². The van der Waals surface area contributed by atoms with Crippen LogP contribution in [0.3, 0.4) is 0 Å². The SMILES string of the molecule is CC(Nc1cccc(NS(N)(=O)=O)c1)c1ccc(Cl)s1. The number of thiophene rings is 1. The van der Waals surface area contributed by atoms with Crippen molar-refractivity contribution in [1.29, 1.82) is 0 Å². The Kier molecular flexibility index (Phi) is 4.54. The molecule has 0 spiro atoms. The van der Waals surface area contributed by atoms with Crippen LogP contribution in [-0.4, -0.2) is 8.42 Å². The molecule has 20 heavy (non-hydrogen) atoms. The number of halogens is 1. The third kappa shape index (κ3) is 4.38. The molecule has 8 heteroatoms. The number of nitrogens with one attached hydrogen (secondary N) is 2. The maximum atomic E-state index is 11.0. The second kappa shape index (κ2) is 6.01. The highest BCUT2D eigenvalue weighted by molar-refractivity contribution is 7.90. The highest BCUT2D eigenvalue weighted by Crippen LogP contribution is 2.29. The Hall–Kier alpha value is -1.28. The first-order valence-electron chi connectivity index (χ1n) is 5.76. The molecule has 1 aromatic carbocycles. The Bertz CT molecular complexity index is 700. The monoisotopic (exact) mass is 331 g/mol. The molecule has 0 aliphatic rings. The molecule has 0 aliphatic heterocycles. The molecule has 108 valence electrons. The molecule has 0 amide bonds. The van der Waals surface area contributed by atoms with Crippen molar-refractivity contribution in [2.45, 2.75) is 13.0 Å². The summed E-state index contributed by atoms with van der Waals surface area (Å²) in [5, 5.41) is 8.21. The molecule has 1 unspecified atom stereocenters. The Morgan fingerprint density at radius 3 is 2.55 bits per heavy atom. The summed E-state index contributed by atoms with van der Waals surface area (Å²) >= 11 is 7.41. The minimum absolute atomic E-state index is 0.0669. The highest BCUT2D eigenvalue weighted by Gasteiger charge is 2.09. The van der Waals surface area contributed by atoms with Crippen LogP contribution in [-0.2, 0) is 10.2 Å². The van der Waals surface area contributed by atoms with Gasteiger partial charge in [-0.25, -0.2) is 5.14 Å². The van der Waals surface area contributed by atoms with Crippen LogP contribution in [0, 0.1) is 0 Å². The molecular formula is C12H14ClN3O2S2. The Morgan fingerprint density at radius 1 is 1.25 bits per heavy atom. The molecule has 2 rings (SSSR count). The quantitative estimate of drug-likeness (QED) is 0.786. The maximum Gasteiger partial charge on any atom is 0.296 e. The predicted octanol–water partition coefficient (Wildman–Crippen LogP) is 3.19. The third-order valence-corrected chi connectivity index (χ3v) is 4.46. The standard InChI is InChI=1S/C12H14ClN3O2S2/c1-8(11-5-6-12(13)19-11)15-9-3-2-4-10(7-9)16-20(14,17)18/h2-8,15-16H,1H3,(H2,14,17,18). The van der Waals surface area contributed by atoms with Crippen molar-refractivity contribution in [1.82, 2.24) is 0 Å². The van der Waals surface area contributed by atoms with E-state index in [1.54, 1.807) is 18.2 Å². The number of anilines is 2. The van der Waals surface area contributed by atoms with E-state index in [0.717, 1.165) is 14.9 Å². The van der Waals surface area contributed by atoms with Crippen LogP contribution >= 0.6 is 22.9 Å². The average Bonchev–Trinajstić information content (AvgIpc) is 2.74. The van der Waals surface area contributed by atoms with Crippen molar-refractivity contribution in [3.8, 4) is 0 Å². The summed E-state index contributed by atoms with van der Waals surface area (Å²) in [4.78, 5) is 1.10. The van der Waals surface area contributed by atoms with Gasteiger partial charge in [0.25, 0.3) is 10.2 Å². The van der Waals surface area contributed by atoms with Gasteiger partial charge in [-0.3, -0.25) is 4.72 Å². The maximum absolute atomic E-state index is 11.0. The molecular weight excluding hydrogens is 318 g/mol. The summed E-state index contributed by atoms with van der Waals surface area (Å²) < 4.78 is 24.9. The van der Waals surface area contributed by atoms with Gasteiger partial charge < -0.3 is 5.32 Å². The minimum atomic E-state index is -3.76.